The van der Waals surface area contributed by atoms with E-state index in [2.05, 4.69) is 9.97 Å². The average molecular weight is 318 g/mol. The predicted octanol–water partition coefficient (Wildman–Crippen LogP) is 2.02. The van der Waals surface area contributed by atoms with Crippen LogP contribution < -0.4 is 15.0 Å². The van der Waals surface area contributed by atoms with E-state index >= 15 is 0 Å². The molecule has 2 rings (SSSR count). The summed E-state index contributed by atoms with van der Waals surface area (Å²) in [6, 6.07) is 5.18. The van der Waals surface area contributed by atoms with Crippen LogP contribution in [-0.2, 0) is 4.74 Å². The van der Waals surface area contributed by atoms with Crippen LogP contribution in [0.4, 0.5) is 0 Å². The third kappa shape index (κ3) is 3.68. The number of hydrogen-bond acceptors (Lipinski definition) is 6. The lowest BCUT2D eigenvalue weighted by Crippen LogP contribution is -2.21. The summed E-state index contributed by atoms with van der Waals surface area (Å²) >= 11 is 0. The van der Waals surface area contributed by atoms with Crippen LogP contribution in [0.2, 0.25) is 0 Å². The summed E-state index contributed by atoms with van der Waals surface area (Å²) < 4.78 is 15.5. The van der Waals surface area contributed by atoms with Gasteiger partial charge >= 0.3 is 5.97 Å². The van der Waals surface area contributed by atoms with Gasteiger partial charge in [-0.15, -0.1) is 0 Å². The Morgan fingerprint density at radius 3 is 2.65 bits per heavy atom. The second kappa shape index (κ2) is 7.44. The molecular formula is C16H18N2O5. The van der Waals surface area contributed by atoms with Crippen molar-refractivity contribution in [1.82, 2.24) is 9.97 Å². The number of methoxy groups -OCH3 is 1. The Balaban J connectivity index is 2.48. The molecule has 0 aliphatic carbocycles. The van der Waals surface area contributed by atoms with Crippen molar-refractivity contribution in [2.75, 3.05) is 20.3 Å². The second-order valence-electron chi connectivity index (χ2n) is 4.49. The smallest absolute Gasteiger partial charge is 0.345 e. The number of esters is 1. The summed E-state index contributed by atoms with van der Waals surface area (Å²) in [5, 5.41) is 0. The van der Waals surface area contributed by atoms with E-state index < -0.39 is 11.5 Å². The molecule has 0 fully saturated rings. The van der Waals surface area contributed by atoms with E-state index in [-0.39, 0.29) is 18.0 Å². The Morgan fingerprint density at radius 2 is 2.04 bits per heavy atom. The molecular weight excluding hydrogens is 300 g/mol. The van der Waals surface area contributed by atoms with E-state index in [9.17, 15) is 9.59 Å². The van der Waals surface area contributed by atoms with Crippen molar-refractivity contribution in [2.24, 2.45) is 0 Å². The molecule has 23 heavy (non-hydrogen) atoms. The molecule has 1 heterocycles. The first-order valence-corrected chi connectivity index (χ1v) is 7.18. The maximum absolute atomic E-state index is 12.1. The molecule has 0 aliphatic heterocycles. The number of nitrogens with one attached hydrogen (secondary N) is 1. The summed E-state index contributed by atoms with van der Waals surface area (Å²) in [6.07, 6.45) is 1.20. The standard InChI is InChI=1S/C16H18N2O5/c1-4-22-13-7-6-10(21-3)8-11(13)14-17-9-12(15(19)18-14)16(20)23-5-2/h6-9H,4-5H2,1-3H3,(H,17,18,19). The fraction of sp³-hybridized carbons (Fsp3) is 0.312. The van der Waals surface area contributed by atoms with Gasteiger partial charge in [-0.25, -0.2) is 9.78 Å². The van der Waals surface area contributed by atoms with Crippen molar-refractivity contribution in [3.63, 3.8) is 0 Å². The molecule has 0 radical (unpaired) electrons. The van der Waals surface area contributed by atoms with Crippen molar-refractivity contribution < 1.29 is 19.0 Å². The maximum Gasteiger partial charge on any atom is 0.345 e. The van der Waals surface area contributed by atoms with Crippen LogP contribution in [0.1, 0.15) is 24.2 Å². The number of aromatic amines is 1. The number of H-pyrrole nitrogens is 1. The molecule has 0 bridgehead atoms. The van der Waals surface area contributed by atoms with E-state index in [0.29, 0.717) is 23.7 Å². The highest BCUT2D eigenvalue weighted by molar-refractivity contribution is 5.88. The summed E-state index contributed by atoms with van der Waals surface area (Å²) in [7, 11) is 1.54. The number of rotatable bonds is 6. The third-order valence-electron chi connectivity index (χ3n) is 3.04. The Kier molecular flexibility index (Phi) is 5.35. The normalized spacial score (nSPS) is 10.2. The van der Waals surface area contributed by atoms with Crippen LogP contribution in [0.15, 0.2) is 29.2 Å². The van der Waals surface area contributed by atoms with Crippen LogP contribution in [0.3, 0.4) is 0 Å². The first-order chi connectivity index (χ1) is 11.1. The third-order valence-corrected chi connectivity index (χ3v) is 3.04. The monoisotopic (exact) mass is 318 g/mol. The Hall–Kier alpha value is -2.83. The van der Waals surface area contributed by atoms with Crippen LogP contribution >= 0.6 is 0 Å². The van der Waals surface area contributed by atoms with Crippen molar-refractivity contribution in [2.45, 2.75) is 13.8 Å². The Bertz CT molecular complexity index is 754. The Morgan fingerprint density at radius 1 is 1.26 bits per heavy atom. The van der Waals surface area contributed by atoms with Gasteiger partial charge in [0.1, 0.15) is 22.9 Å². The first kappa shape index (κ1) is 16.5. The zero-order chi connectivity index (χ0) is 16.8. The van der Waals surface area contributed by atoms with Gasteiger partial charge in [-0.05, 0) is 32.0 Å². The lowest BCUT2D eigenvalue weighted by atomic mass is 10.1. The van der Waals surface area contributed by atoms with E-state index in [1.165, 1.54) is 6.20 Å². The van der Waals surface area contributed by atoms with E-state index in [0.717, 1.165) is 0 Å². The number of nitrogens with zero attached hydrogens (tertiary/aromatic N) is 1. The molecule has 0 saturated carbocycles. The van der Waals surface area contributed by atoms with Gasteiger partial charge in [-0.1, -0.05) is 0 Å². The van der Waals surface area contributed by atoms with Crippen LogP contribution in [0, 0.1) is 0 Å². The minimum atomic E-state index is -0.705. The highest BCUT2D eigenvalue weighted by atomic mass is 16.5. The van der Waals surface area contributed by atoms with Crippen LogP contribution in [0.25, 0.3) is 11.4 Å². The van der Waals surface area contributed by atoms with Crippen LogP contribution in [0.5, 0.6) is 11.5 Å². The molecule has 1 aromatic heterocycles. The molecule has 0 amide bonds. The van der Waals surface area contributed by atoms with Crippen molar-refractivity contribution in [1.29, 1.82) is 0 Å². The second-order valence-corrected chi connectivity index (χ2v) is 4.49. The topological polar surface area (TPSA) is 90.5 Å². The maximum atomic E-state index is 12.1. The molecule has 7 heteroatoms. The quantitative estimate of drug-likeness (QED) is 0.819. The van der Waals surface area contributed by atoms with Gasteiger partial charge in [0, 0.05) is 6.20 Å². The zero-order valence-corrected chi connectivity index (χ0v) is 13.2. The van der Waals surface area contributed by atoms with Gasteiger partial charge in [0.2, 0.25) is 0 Å². The highest BCUT2D eigenvalue weighted by Gasteiger charge is 2.16. The summed E-state index contributed by atoms with van der Waals surface area (Å²) in [6.45, 7) is 4.17. The summed E-state index contributed by atoms with van der Waals surface area (Å²) in [5.41, 5.74) is -0.145. The molecule has 0 spiro atoms. The van der Waals surface area contributed by atoms with Gasteiger partial charge in [-0.3, -0.25) is 4.79 Å². The molecule has 0 atom stereocenters. The summed E-state index contributed by atoms with van der Waals surface area (Å²) in [4.78, 5) is 30.5. The molecule has 2 aromatic rings. The molecule has 7 nitrogen and oxygen atoms in total. The predicted molar refractivity (Wildman–Crippen MR) is 84.0 cm³/mol. The lowest BCUT2D eigenvalue weighted by molar-refractivity contribution is 0.0524. The Labute approximate surface area is 133 Å². The van der Waals surface area contributed by atoms with Crippen molar-refractivity contribution in [3.05, 3.63) is 40.3 Å². The number of carbonyl (C=O) groups is 1. The minimum absolute atomic E-state index is 0.142. The fourth-order valence-electron chi connectivity index (χ4n) is 1.99. The van der Waals surface area contributed by atoms with Gasteiger partial charge < -0.3 is 19.2 Å². The number of hydrogen-bond donors (Lipinski definition) is 1. The van der Waals surface area contributed by atoms with Gasteiger partial charge in [0.25, 0.3) is 5.56 Å². The average Bonchev–Trinajstić information content (AvgIpc) is 2.55. The van der Waals surface area contributed by atoms with E-state index in [4.69, 9.17) is 14.2 Å². The van der Waals surface area contributed by atoms with E-state index in [1.54, 1.807) is 32.2 Å². The molecule has 1 N–H and O–H groups in total. The lowest BCUT2D eigenvalue weighted by Gasteiger charge is -2.11. The summed E-state index contributed by atoms with van der Waals surface area (Å²) in [5.74, 6) is 0.731. The van der Waals surface area contributed by atoms with Gasteiger partial charge in [-0.2, -0.15) is 0 Å². The zero-order valence-electron chi connectivity index (χ0n) is 13.2. The minimum Gasteiger partial charge on any atom is -0.497 e. The fourth-order valence-corrected chi connectivity index (χ4v) is 1.99. The SMILES string of the molecule is CCOC(=O)c1cnc(-c2cc(OC)ccc2OCC)[nH]c1=O. The van der Waals surface area contributed by atoms with Gasteiger partial charge in [0.05, 0.1) is 25.9 Å². The number of ether oxygens (including phenoxy) is 3. The van der Waals surface area contributed by atoms with Crippen LogP contribution in [-0.4, -0.2) is 36.3 Å². The highest BCUT2D eigenvalue weighted by Crippen LogP contribution is 2.31. The first-order valence-electron chi connectivity index (χ1n) is 7.18. The number of benzene rings is 1. The van der Waals surface area contributed by atoms with E-state index in [1.807, 2.05) is 6.92 Å². The van der Waals surface area contributed by atoms with Gasteiger partial charge in [0.15, 0.2) is 0 Å². The van der Waals surface area contributed by atoms with Crippen molar-refractivity contribution in [3.8, 4) is 22.9 Å². The number of carbonyl (C=O) groups excluding carboxylic acids is 1. The number of aromatic nitrogens is 2. The molecule has 0 unspecified atom stereocenters. The largest absolute Gasteiger partial charge is 0.497 e. The van der Waals surface area contributed by atoms with Crippen molar-refractivity contribution >= 4 is 5.97 Å². The molecule has 122 valence electrons. The molecule has 0 aliphatic rings. The molecule has 1 aromatic carbocycles. The molecule has 0 saturated heterocycles.